The molecule has 3 heteroatoms. The van der Waals surface area contributed by atoms with Crippen molar-refractivity contribution in [3.05, 3.63) is 0 Å². The van der Waals surface area contributed by atoms with Gasteiger partial charge >= 0.3 is 0 Å². The summed E-state index contributed by atoms with van der Waals surface area (Å²) in [6.45, 7) is 1.37. The van der Waals surface area contributed by atoms with E-state index in [-0.39, 0.29) is 12.3 Å². The van der Waals surface area contributed by atoms with Crippen LogP contribution in [0, 0.1) is 5.92 Å². The molecule has 1 fully saturated rings. The Balaban J connectivity index is 2.32. The van der Waals surface area contributed by atoms with E-state index < -0.39 is 12.0 Å². The number of halogens is 2. The Bertz CT molecular complexity index is 130. The van der Waals surface area contributed by atoms with E-state index in [2.05, 4.69) is 0 Å². The number of nitrogens with two attached hydrogens (primary N) is 1. The van der Waals surface area contributed by atoms with Crippen molar-refractivity contribution in [1.82, 2.24) is 0 Å². The normalized spacial score (nSPS) is 22.9. The summed E-state index contributed by atoms with van der Waals surface area (Å²) in [7, 11) is 0. The molecule has 1 aliphatic rings. The first-order valence-corrected chi connectivity index (χ1v) is 4.16. The van der Waals surface area contributed by atoms with Crippen molar-refractivity contribution < 1.29 is 8.78 Å². The lowest BCUT2D eigenvalue weighted by Crippen LogP contribution is -2.40. The predicted molar refractivity (Wildman–Crippen MR) is 40.6 cm³/mol. The van der Waals surface area contributed by atoms with Crippen molar-refractivity contribution in [2.45, 2.75) is 44.6 Å². The Morgan fingerprint density at radius 2 is 2.09 bits per heavy atom. The van der Waals surface area contributed by atoms with Gasteiger partial charge in [0, 0.05) is 6.42 Å². The van der Waals surface area contributed by atoms with Crippen LogP contribution in [0.5, 0.6) is 0 Å². The summed E-state index contributed by atoms with van der Waals surface area (Å²) in [6, 6.07) is -0.997. The second-order valence-electron chi connectivity index (χ2n) is 3.55. The lowest BCUT2D eigenvalue weighted by atomic mass is 9.80. The van der Waals surface area contributed by atoms with Gasteiger partial charge in [-0.3, -0.25) is 0 Å². The monoisotopic (exact) mass is 163 g/mol. The summed E-state index contributed by atoms with van der Waals surface area (Å²) in [5.41, 5.74) is 5.15. The van der Waals surface area contributed by atoms with Crippen LogP contribution in [0.15, 0.2) is 0 Å². The third-order valence-corrected chi connectivity index (χ3v) is 2.45. The van der Waals surface area contributed by atoms with Gasteiger partial charge in [0.25, 0.3) is 5.92 Å². The predicted octanol–water partition coefficient (Wildman–Crippen LogP) is 2.16. The molecule has 1 saturated carbocycles. The second kappa shape index (κ2) is 3.05. The SMILES string of the molecule is CC(N)C(F)(F)CC1CCC1. The summed E-state index contributed by atoms with van der Waals surface area (Å²) >= 11 is 0. The fraction of sp³-hybridized carbons (Fsp3) is 1.00. The fourth-order valence-corrected chi connectivity index (χ4v) is 1.27. The largest absolute Gasteiger partial charge is 0.323 e. The summed E-state index contributed by atoms with van der Waals surface area (Å²) in [4.78, 5) is 0. The number of alkyl halides is 2. The Morgan fingerprint density at radius 1 is 1.55 bits per heavy atom. The second-order valence-corrected chi connectivity index (χ2v) is 3.55. The van der Waals surface area contributed by atoms with Gasteiger partial charge in [-0.05, 0) is 12.8 Å². The van der Waals surface area contributed by atoms with E-state index in [1.807, 2.05) is 0 Å². The van der Waals surface area contributed by atoms with Crippen LogP contribution in [0.3, 0.4) is 0 Å². The van der Waals surface area contributed by atoms with Gasteiger partial charge in [-0.25, -0.2) is 8.78 Å². The maximum atomic E-state index is 12.9. The lowest BCUT2D eigenvalue weighted by Gasteiger charge is -2.31. The Morgan fingerprint density at radius 3 is 2.36 bits per heavy atom. The molecule has 2 N–H and O–H groups in total. The molecule has 0 amide bonds. The molecule has 0 aromatic carbocycles. The van der Waals surface area contributed by atoms with Crippen LogP contribution in [-0.2, 0) is 0 Å². The molecule has 1 aliphatic carbocycles. The van der Waals surface area contributed by atoms with Crippen molar-refractivity contribution >= 4 is 0 Å². The minimum absolute atomic E-state index is 0.00926. The third-order valence-electron chi connectivity index (χ3n) is 2.45. The van der Waals surface area contributed by atoms with E-state index >= 15 is 0 Å². The quantitative estimate of drug-likeness (QED) is 0.677. The highest BCUT2D eigenvalue weighted by molar-refractivity contribution is 4.82. The summed E-state index contributed by atoms with van der Waals surface area (Å²) in [6.07, 6.45) is 3.02. The van der Waals surface area contributed by atoms with Crippen LogP contribution in [-0.4, -0.2) is 12.0 Å². The van der Waals surface area contributed by atoms with Crippen molar-refractivity contribution in [2.24, 2.45) is 11.7 Å². The minimum atomic E-state index is -2.65. The lowest BCUT2D eigenvalue weighted by molar-refractivity contribution is -0.0510. The van der Waals surface area contributed by atoms with Crippen molar-refractivity contribution in [2.75, 3.05) is 0 Å². The van der Waals surface area contributed by atoms with E-state index in [1.165, 1.54) is 6.92 Å². The Labute approximate surface area is 66.0 Å². The van der Waals surface area contributed by atoms with E-state index in [0.29, 0.717) is 0 Å². The molecule has 1 rings (SSSR count). The van der Waals surface area contributed by atoms with E-state index in [9.17, 15) is 8.78 Å². The van der Waals surface area contributed by atoms with Gasteiger partial charge < -0.3 is 5.73 Å². The fourth-order valence-electron chi connectivity index (χ4n) is 1.27. The molecule has 0 heterocycles. The minimum Gasteiger partial charge on any atom is -0.323 e. The number of hydrogen-bond donors (Lipinski definition) is 1. The topological polar surface area (TPSA) is 26.0 Å². The maximum Gasteiger partial charge on any atom is 0.262 e. The van der Waals surface area contributed by atoms with Gasteiger partial charge in [0.2, 0.25) is 0 Å². The first-order chi connectivity index (χ1) is 5.02. The molecule has 1 atom stereocenters. The zero-order chi connectivity index (χ0) is 8.48. The van der Waals surface area contributed by atoms with Crippen LogP contribution < -0.4 is 5.73 Å². The zero-order valence-corrected chi connectivity index (χ0v) is 6.82. The molecule has 0 saturated heterocycles. The first-order valence-electron chi connectivity index (χ1n) is 4.16. The van der Waals surface area contributed by atoms with Crippen LogP contribution in [0.1, 0.15) is 32.6 Å². The summed E-state index contributed by atoms with van der Waals surface area (Å²) < 4.78 is 25.8. The molecule has 0 aliphatic heterocycles. The average Bonchev–Trinajstić information content (AvgIpc) is 1.79. The molecule has 0 bridgehead atoms. The summed E-state index contributed by atoms with van der Waals surface area (Å²) in [5.74, 6) is -2.42. The smallest absolute Gasteiger partial charge is 0.262 e. The van der Waals surface area contributed by atoms with Crippen LogP contribution >= 0.6 is 0 Å². The standard InChI is InChI=1S/C8H15F2N/c1-6(11)8(9,10)5-7-3-2-4-7/h6-7H,2-5,11H2,1H3. The molecular formula is C8H15F2N. The third kappa shape index (κ3) is 2.12. The van der Waals surface area contributed by atoms with Gasteiger partial charge in [0.1, 0.15) is 0 Å². The molecule has 0 aromatic heterocycles. The van der Waals surface area contributed by atoms with E-state index in [0.717, 1.165) is 19.3 Å². The molecule has 1 nitrogen and oxygen atoms in total. The number of hydrogen-bond acceptors (Lipinski definition) is 1. The van der Waals surface area contributed by atoms with Gasteiger partial charge in [-0.2, -0.15) is 0 Å². The molecule has 0 radical (unpaired) electrons. The Hall–Kier alpha value is -0.180. The molecule has 1 unspecified atom stereocenters. The molecule has 11 heavy (non-hydrogen) atoms. The van der Waals surface area contributed by atoms with Crippen LogP contribution in [0.25, 0.3) is 0 Å². The molecule has 66 valence electrons. The molecular weight excluding hydrogens is 148 g/mol. The van der Waals surface area contributed by atoms with Crippen molar-refractivity contribution in [1.29, 1.82) is 0 Å². The van der Waals surface area contributed by atoms with Crippen molar-refractivity contribution in [3.8, 4) is 0 Å². The van der Waals surface area contributed by atoms with Crippen LogP contribution in [0.2, 0.25) is 0 Å². The number of rotatable bonds is 3. The average molecular weight is 163 g/mol. The maximum absolute atomic E-state index is 12.9. The van der Waals surface area contributed by atoms with E-state index in [4.69, 9.17) is 5.73 Å². The van der Waals surface area contributed by atoms with E-state index in [1.54, 1.807) is 0 Å². The van der Waals surface area contributed by atoms with Gasteiger partial charge in [-0.15, -0.1) is 0 Å². The molecule has 0 spiro atoms. The summed E-state index contributed by atoms with van der Waals surface area (Å²) in [5, 5.41) is 0. The highest BCUT2D eigenvalue weighted by Gasteiger charge is 2.38. The first kappa shape index (κ1) is 8.91. The molecule has 0 aromatic rings. The highest BCUT2D eigenvalue weighted by atomic mass is 19.3. The Kier molecular flexibility index (Phi) is 2.47. The van der Waals surface area contributed by atoms with Gasteiger partial charge in [-0.1, -0.05) is 19.3 Å². The highest BCUT2D eigenvalue weighted by Crippen LogP contribution is 2.37. The van der Waals surface area contributed by atoms with Crippen molar-refractivity contribution in [3.63, 3.8) is 0 Å². The van der Waals surface area contributed by atoms with Crippen LogP contribution in [0.4, 0.5) is 8.78 Å². The van der Waals surface area contributed by atoms with Gasteiger partial charge in [0.15, 0.2) is 0 Å². The zero-order valence-electron chi connectivity index (χ0n) is 6.82. The van der Waals surface area contributed by atoms with Gasteiger partial charge in [0.05, 0.1) is 6.04 Å².